The molecular formula is C13H19NO. The maximum absolute atomic E-state index is 6.42. The van der Waals surface area contributed by atoms with Crippen LogP contribution in [0.2, 0.25) is 0 Å². The third kappa shape index (κ3) is 1.36. The number of rotatable bonds is 1. The van der Waals surface area contributed by atoms with Crippen molar-refractivity contribution in [2.24, 2.45) is 11.1 Å². The van der Waals surface area contributed by atoms with Gasteiger partial charge in [0.15, 0.2) is 0 Å². The van der Waals surface area contributed by atoms with Gasteiger partial charge in [0.05, 0.1) is 7.11 Å². The Kier molecular flexibility index (Phi) is 2.09. The van der Waals surface area contributed by atoms with E-state index in [0.717, 1.165) is 12.2 Å². The van der Waals surface area contributed by atoms with Gasteiger partial charge in [0.2, 0.25) is 0 Å². The van der Waals surface area contributed by atoms with Crippen molar-refractivity contribution in [1.82, 2.24) is 0 Å². The summed E-state index contributed by atoms with van der Waals surface area (Å²) in [7, 11) is 1.70. The predicted octanol–water partition coefficient (Wildman–Crippen LogP) is 2.45. The minimum atomic E-state index is -0.241. The van der Waals surface area contributed by atoms with Gasteiger partial charge < -0.3 is 10.5 Å². The van der Waals surface area contributed by atoms with E-state index in [1.165, 1.54) is 11.1 Å². The molecule has 1 aromatic rings. The Morgan fingerprint density at radius 2 is 1.93 bits per heavy atom. The van der Waals surface area contributed by atoms with E-state index in [1.807, 2.05) is 6.07 Å². The van der Waals surface area contributed by atoms with Crippen molar-refractivity contribution in [1.29, 1.82) is 0 Å². The van der Waals surface area contributed by atoms with Crippen LogP contribution in [0.3, 0.4) is 0 Å². The molecule has 0 radical (unpaired) electrons. The lowest BCUT2D eigenvalue weighted by Gasteiger charge is -2.35. The normalized spacial score (nSPS) is 27.5. The summed E-state index contributed by atoms with van der Waals surface area (Å²) < 4.78 is 5.23. The third-order valence-corrected chi connectivity index (χ3v) is 3.91. The van der Waals surface area contributed by atoms with Gasteiger partial charge in [0.1, 0.15) is 5.75 Å². The predicted molar refractivity (Wildman–Crippen MR) is 62.0 cm³/mol. The molecule has 0 aromatic heterocycles. The molecule has 1 aliphatic rings. The molecule has 2 rings (SSSR count). The van der Waals surface area contributed by atoms with E-state index in [2.05, 4.69) is 32.9 Å². The molecule has 1 aliphatic carbocycles. The Balaban J connectivity index is 2.54. The molecule has 2 N–H and O–H groups in total. The summed E-state index contributed by atoms with van der Waals surface area (Å²) in [5.74, 6) is 0.919. The molecule has 1 aromatic carbocycles. The summed E-state index contributed by atoms with van der Waals surface area (Å²) in [4.78, 5) is 0. The Bertz CT molecular complexity index is 394. The summed E-state index contributed by atoms with van der Waals surface area (Å²) in [6.07, 6.45) is 1.02. The highest BCUT2D eigenvalue weighted by atomic mass is 16.5. The maximum atomic E-state index is 6.42. The van der Waals surface area contributed by atoms with Gasteiger partial charge in [-0.05, 0) is 42.0 Å². The number of methoxy groups -OCH3 is 1. The molecule has 2 nitrogen and oxygen atoms in total. The SMILES string of the molecule is COc1ccc2c(c1)CC(C)(C)C2(C)N. The average Bonchev–Trinajstić information content (AvgIpc) is 2.33. The van der Waals surface area contributed by atoms with Crippen LogP contribution >= 0.6 is 0 Å². The molecule has 15 heavy (non-hydrogen) atoms. The van der Waals surface area contributed by atoms with Gasteiger partial charge in [-0.2, -0.15) is 0 Å². The van der Waals surface area contributed by atoms with Crippen LogP contribution in [0.15, 0.2) is 18.2 Å². The Morgan fingerprint density at radius 1 is 1.27 bits per heavy atom. The summed E-state index contributed by atoms with van der Waals surface area (Å²) in [6, 6.07) is 6.20. The lowest BCUT2D eigenvalue weighted by Crippen LogP contribution is -2.43. The number of benzene rings is 1. The quantitative estimate of drug-likeness (QED) is 0.764. The molecule has 0 amide bonds. The first kappa shape index (κ1) is 10.5. The first-order valence-electron chi connectivity index (χ1n) is 5.35. The minimum Gasteiger partial charge on any atom is -0.497 e. The van der Waals surface area contributed by atoms with Crippen molar-refractivity contribution in [3.05, 3.63) is 29.3 Å². The van der Waals surface area contributed by atoms with Crippen molar-refractivity contribution in [3.8, 4) is 5.75 Å². The molecule has 1 unspecified atom stereocenters. The molecule has 0 saturated heterocycles. The zero-order chi connectivity index (χ0) is 11.3. The Hall–Kier alpha value is -1.02. The van der Waals surface area contributed by atoms with E-state index in [0.29, 0.717) is 0 Å². The molecule has 1 atom stereocenters. The van der Waals surface area contributed by atoms with Crippen molar-refractivity contribution in [2.75, 3.05) is 7.11 Å². The van der Waals surface area contributed by atoms with E-state index in [1.54, 1.807) is 7.11 Å². The largest absolute Gasteiger partial charge is 0.497 e. The molecule has 0 saturated carbocycles. The molecule has 0 aliphatic heterocycles. The molecule has 0 bridgehead atoms. The monoisotopic (exact) mass is 205 g/mol. The van der Waals surface area contributed by atoms with Gasteiger partial charge in [0.25, 0.3) is 0 Å². The highest BCUT2D eigenvalue weighted by Gasteiger charge is 2.46. The van der Waals surface area contributed by atoms with Crippen molar-refractivity contribution < 1.29 is 4.74 Å². The Labute approximate surface area is 91.4 Å². The maximum Gasteiger partial charge on any atom is 0.119 e. The zero-order valence-electron chi connectivity index (χ0n) is 9.92. The highest BCUT2D eigenvalue weighted by molar-refractivity contribution is 5.45. The van der Waals surface area contributed by atoms with Gasteiger partial charge >= 0.3 is 0 Å². The lowest BCUT2D eigenvalue weighted by atomic mass is 9.75. The van der Waals surface area contributed by atoms with Gasteiger partial charge in [-0.3, -0.25) is 0 Å². The molecular weight excluding hydrogens is 186 g/mol. The van der Waals surface area contributed by atoms with E-state index in [9.17, 15) is 0 Å². The second kappa shape index (κ2) is 2.99. The number of hydrogen-bond donors (Lipinski definition) is 1. The number of ether oxygens (including phenoxy) is 1. The minimum absolute atomic E-state index is 0.113. The van der Waals surface area contributed by atoms with Crippen LogP contribution in [-0.2, 0) is 12.0 Å². The van der Waals surface area contributed by atoms with Gasteiger partial charge in [-0.15, -0.1) is 0 Å². The molecule has 82 valence electrons. The van der Waals surface area contributed by atoms with Gasteiger partial charge in [-0.25, -0.2) is 0 Å². The fourth-order valence-electron chi connectivity index (χ4n) is 2.37. The van der Waals surface area contributed by atoms with Crippen LogP contribution in [-0.4, -0.2) is 7.11 Å². The van der Waals surface area contributed by atoms with Crippen molar-refractivity contribution in [2.45, 2.75) is 32.7 Å². The van der Waals surface area contributed by atoms with Gasteiger partial charge in [0, 0.05) is 5.54 Å². The zero-order valence-corrected chi connectivity index (χ0v) is 9.92. The molecule has 0 heterocycles. The summed E-state index contributed by atoms with van der Waals surface area (Å²) in [6.45, 7) is 6.56. The van der Waals surface area contributed by atoms with Crippen LogP contribution in [0.4, 0.5) is 0 Å². The van der Waals surface area contributed by atoms with Crippen LogP contribution in [0.25, 0.3) is 0 Å². The van der Waals surface area contributed by atoms with Crippen molar-refractivity contribution in [3.63, 3.8) is 0 Å². The fourth-order valence-corrected chi connectivity index (χ4v) is 2.37. The number of fused-ring (bicyclic) bond motifs is 1. The van der Waals surface area contributed by atoms with Crippen LogP contribution in [0, 0.1) is 5.41 Å². The first-order valence-corrected chi connectivity index (χ1v) is 5.35. The molecule has 0 spiro atoms. The van der Waals surface area contributed by atoms with Crippen LogP contribution < -0.4 is 10.5 Å². The number of hydrogen-bond acceptors (Lipinski definition) is 2. The number of nitrogens with two attached hydrogens (primary N) is 1. The van der Waals surface area contributed by atoms with E-state index < -0.39 is 0 Å². The van der Waals surface area contributed by atoms with E-state index in [-0.39, 0.29) is 11.0 Å². The summed E-state index contributed by atoms with van der Waals surface area (Å²) in [5.41, 5.74) is 8.87. The summed E-state index contributed by atoms with van der Waals surface area (Å²) >= 11 is 0. The van der Waals surface area contributed by atoms with Crippen LogP contribution in [0.5, 0.6) is 5.75 Å². The van der Waals surface area contributed by atoms with Crippen molar-refractivity contribution >= 4 is 0 Å². The second-order valence-corrected chi connectivity index (χ2v) is 5.29. The lowest BCUT2D eigenvalue weighted by molar-refractivity contribution is 0.211. The second-order valence-electron chi connectivity index (χ2n) is 5.29. The van der Waals surface area contributed by atoms with Crippen LogP contribution in [0.1, 0.15) is 31.9 Å². The highest BCUT2D eigenvalue weighted by Crippen LogP contribution is 2.48. The standard InChI is InChI=1S/C13H19NO/c1-12(2)8-9-7-10(15-4)5-6-11(9)13(12,3)14/h5-7H,8,14H2,1-4H3. The Morgan fingerprint density at radius 3 is 2.53 bits per heavy atom. The van der Waals surface area contributed by atoms with E-state index >= 15 is 0 Å². The van der Waals surface area contributed by atoms with E-state index in [4.69, 9.17) is 10.5 Å². The summed E-state index contributed by atoms with van der Waals surface area (Å²) in [5, 5.41) is 0. The smallest absolute Gasteiger partial charge is 0.119 e. The first-order chi connectivity index (χ1) is 6.88. The average molecular weight is 205 g/mol. The van der Waals surface area contributed by atoms with Gasteiger partial charge in [-0.1, -0.05) is 19.9 Å². The third-order valence-electron chi connectivity index (χ3n) is 3.91. The topological polar surface area (TPSA) is 35.2 Å². The molecule has 0 fully saturated rings. The molecule has 2 heteroatoms. The fraction of sp³-hybridized carbons (Fsp3) is 0.538.